The van der Waals surface area contributed by atoms with Gasteiger partial charge in [-0.25, -0.2) is 8.42 Å². The molecule has 0 spiro atoms. The molecule has 0 radical (unpaired) electrons. The van der Waals surface area contributed by atoms with E-state index >= 15 is 0 Å². The van der Waals surface area contributed by atoms with E-state index in [0.29, 0.717) is 17.9 Å². The van der Waals surface area contributed by atoms with E-state index in [1.54, 1.807) is 0 Å². The molecule has 0 bridgehead atoms. The average molecular weight is 401 g/mol. The van der Waals surface area contributed by atoms with Gasteiger partial charge in [0.25, 0.3) is 5.91 Å². The van der Waals surface area contributed by atoms with E-state index in [1.807, 2.05) is 0 Å². The Morgan fingerprint density at radius 3 is 2.50 bits per heavy atom. The number of sulfonamides is 1. The number of nitrogens with one attached hydrogen (secondary N) is 1. The van der Waals surface area contributed by atoms with Crippen LogP contribution in [0.2, 0.25) is 5.02 Å². The number of carbonyl (C=O) groups is 2. The zero-order valence-electron chi connectivity index (χ0n) is 14.4. The minimum absolute atomic E-state index is 0.0705. The third kappa shape index (κ3) is 4.19. The van der Waals surface area contributed by atoms with Crippen LogP contribution in [0.1, 0.15) is 32.6 Å². The molecule has 9 heteroatoms. The molecule has 26 heavy (non-hydrogen) atoms. The van der Waals surface area contributed by atoms with Crippen molar-refractivity contribution in [2.75, 3.05) is 6.54 Å². The molecule has 1 aliphatic carbocycles. The number of esters is 1. The van der Waals surface area contributed by atoms with Crippen LogP contribution >= 0.6 is 11.6 Å². The summed E-state index contributed by atoms with van der Waals surface area (Å²) in [6.45, 7) is 1.72. The van der Waals surface area contributed by atoms with Crippen molar-refractivity contribution in [1.82, 2.24) is 9.62 Å². The highest BCUT2D eigenvalue weighted by atomic mass is 35.5. The van der Waals surface area contributed by atoms with Gasteiger partial charge in [0.2, 0.25) is 10.0 Å². The fourth-order valence-corrected chi connectivity index (χ4v) is 4.63. The zero-order valence-corrected chi connectivity index (χ0v) is 15.9. The zero-order chi connectivity index (χ0) is 18.9. The fourth-order valence-electron chi connectivity index (χ4n) is 2.86. The molecule has 1 saturated heterocycles. The Labute approximate surface area is 157 Å². The highest BCUT2D eigenvalue weighted by molar-refractivity contribution is 7.89. The van der Waals surface area contributed by atoms with Gasteiger partial charge in [-0.1, -0.05) is 11.6 Å². The predicted molar refractivity (Wildman–Crippen MR) is 95.1 cm³/mol. The number of carbonyl (C=O) groups excluding carboxylic acids is 2. The lowest BCUT2D eigenvalue weighted by Crippen LogP contribution is -2.44. The third-order valence-electron chi connectivity index (χ3n) is 4.48. The molecule has 1 aliphatic heterocycles. The van der Waals surface area contributed by atoms with Crippen LogP contribution in [0.4, 0.5) is 0 Å². The van der Waals surface area contributed by atoms with Crippen molar-refractivity contribution in [3.05, 3.63) is 29.3 Å². The minimum Gasteiger partial charge on any atom is -0.451 e. The van der Waals surface area contributed by atoms with Crippen LogP contribution < -0.4 is 5.32 Å². The summed E-state index contributed by atoms with van der Waals surface area (Å²) in [4.78, 5) is 24.5. The van der Waals surface area contributed by atoms with Gasteiger partial charge in [-0.3, -0.25) is 9.59 Å². The van der Waals surface area contributed by atoms with Gasteiger partial charge in [0.05, 0.1) is 4.90 Å². The van der Waals surface area contributed by atoms with Gasteiger partial charge < -0.3 is 10.1 Å². The highest BCUT2D eigenvalue weighted by Gasteiger charge is 2.41. The molecule has 0 unspecified atom stereocenters. The minimum atomic E-state index is -3.84. The maximum atomic E-state index is 12.8. The summed E-state index contributed by atoms with van der Waals surface area (Å²) in [6, 6.07) is 5.03. The van der Waals surface area contributed by atoms with E-state index in [9.17, 15) is 18.0 Å². The van der Waals surface area contributed by atoms with Gasteiger partial charge >= 0.3 is 5.97 Å². The molecule has 1 saturated carbocycles. The molecule has 3 rings (SSSR count). The van der Waals surface area contributed by atoms with Crippen molar-refractivity contribution < 1.29 is 22.7 Å². The van der Waals surface area contributed by atoms with Crippen molar-refractivity contribution in [1.29, 1.82) is 0 Å². The van der Waals surface area contributed by atoms with Gasteiger partial charge in [0, 0.05) is 17.6 Å². The van der Waals surface area contributed by atoms with E-state index < -0.39 is 28.1 Å². The molecule has 1 aromatic rings. The summed E-state index contributed by atoms with van der Waals surface area (Å²) < 4.78 is 32.0. The first kappa shape index (κ1) is 19.1. The monoisotopic (exact) mass is 400 g/mol. The molecule has 1 amide bonds. The largest absolute Gasteiger partial charge is 0.451 e. The van der Waals surface area contributed by atoms with Crippen molar-refractivity contribution in [3.63, 3.8) is 0 Å². The molecule has 2 atom stereocenters. The van der Waals surface area contributed by atoms with E-state index in [2.05, 4.69) is 5.32 Å². The van der Waals surface area contributed by atoms with Gasteiger partial charge in [-0.05, 0) is 56.9 Å². The standard InChI is InChI=1S/C17H21ClN2O5S/c1-11(16(21)19-13-6-7-13)25-17(22)15-3-2-10-20(15)26(23,24)14-8-4-12(18)5-9-14/h4-5,8-9,11,13,15H,2-3,6-7,10H2,1H3,(H,19,21)/t11-,15-/m0/s1. The maximum absolute atomic E-state index is 12.8. The maximum Gasteiger partial charge on any atom is 0.325 e. The summed E-state index contributed by atoms with van der Waals surface area (Å²) in [6.07, 6.45) is 1.83. The van der Waals surface area contributed by atoms with Crippen LogP contribution in [0.3, 0.4) is 0 Å². The number of amides is 1. The molecule has 142 valence electrons. The van der Waals surface area contributed by atoms with Crippen molar-refractivity contribution >= 4 is 33.5 Å². The number of ether oxygens (including phenoxy) is 1. The number of hydrogen-bond donors (Lipinski definition) is 1. The van der Waals surface area contributed by atoms with Gasteiger partial charge in [-0.15, -0.1) is 0 Å². The summed E-state index contributed by atoms with van der Waals surface area (Å²) >= 11 is 5.81. The van der Waals surface area contributed by atoms with E-state index in [1.165, 1.54) is 31.2 Å². The predicted octanol–water partition coefficient (Wildman–Crippen LogP) is 1.70. The van der Waals surface area contributed by atoms with Gasteiger partial charge in [0.1, 0.15) is 6.04 Å². The lowest BCUT2D eigenvalue weighted by Gasteiger charge is -2.24. The molecule has 1 N–H and O–H groups in total. The van der Waals surface area contributed by atoms with E-state index in [0.717, 1.165) is 17.1 Å². The SMILES string of the molecule is C[C@H](OC(=O)[C@@H]1CCCN1S(=O)(=O)c1ccc(Cl)cc1)C(=O)NC1CC1. The van der Waals surface area contributed by atoms with Crippen LogP contribution in [-0.2, 0) is 24.3 Å². The summed E-state index contributed by atoms with van der Waals surface area (Å²) in [5.41, 5.74) is 0. The molecule has 1 heterocycles. The number of halogens is 1. The molecule has 0 aromatic heterocycles. The Morgan fingerprint density at radius 1 is 1.23 bits per heavy atom. The van der Waals surface area contributed by atoms with Crippen LogP contribution in [0.15, 0.2) is 29.2 Å². The van der Waals surface area contributed by atoms with Crippen molar-refractivity contribution in [2.45, 2.75) is 55.7 Å². The Bertz CT molecular complexity index is 792. The van der Waals surface area contributed by atoms with E-state index in [4.69, 9.17) is 16.3 Å². The number of nitrogens with zero attached hydrogens (tertiary/aromatic N) is 1. The molecule has 2 aliphatic rings. The second-order valence-electron chi connectivity index (χ2n) is 6.59. The first-order valence-electron chi connectivity index (χ1n) is 8.57. The lowest BCUT2D eigenvalue weighted by atomic mass is 10.2. The van der Waals surface area contributed by atoms with E-state index in [-0.39, 0.29) is 23.4 Å². The molecule has 2 fully saturated rings. The number of hydrogen-bond acceptors (Lipinski definition) is 5. The quantitative estimate of drug-likeness (QED) is 0.733. The number of rotatable bonds is 6. The van der Waals surface area contributed by atoms with Crippen molar-refractivity contribution in [3.8, 4) is 0 Å². The Hall–Kier alpha value is -1.64. The third-order valence-corrected chi connectivity index (χ3v) is 6.66. The summed E-state index contributed by atoms with van der Waals surface area (Å²) in [7, 11) is -3.84. The highest BCUT2D eigenvalue weighted by Crippen LogP contribution is 2.28. The first-order valence-corrected chi connectivity index (χ1v) is 10.4. The Kier molecular flexibility index (Phi) is 5.55. The molecular formula is C17H21ClN2O5S. The van der Waals surface area contributed by atoms with Crippen LogP contribution in [0.5, 0.6) is 0 Å². The van der Waals surface area contributed by atoms with Crippen LogP contribution in [-0.4, -0.2) is 49.3 Å². The normalized spacial score (nSPS) is 22.0. The Balaban J connectivity index is 1.69. The molecular weight excluding hydrogens is 380 g/mol. The Morgan fingerprint density at radius 2 is 1.88 bits per heavy atom. The summed E-state index contributed by atoms with van der Waals surface area (Å²) in [5.74, 6) is -1.05. The molecule has 1 aromatic carbocycles. The van der Waals surface area contributed by atoms with Crippen LogP contribution in [0, 0.1) is 0 Å². The second-order valence-corrected chi connectivity index (χ2v) is 8.92. The topological polar surface area (TPSA) is 92.8 Å². The second kappa shape index (κ2) is 7.54. The first-order chi connectivity index (χ1) is 12.3. The summed E-state index contributed by atoms with van der Waals surface area (Å²) in [5, 5.41) is 3.19. The van der Waals surface area contributed by atoms with Crippen molar-refractivity contribution in [2.24, 2.45) is 0 Å². The lowest BCUT2D eigenvalue weighted by molar-refractivity contribution is -0.157. The van der Waals surface area contributed by atoms with Gasteiger partial charge in [0.15, 0.2) is 6.10 Å². The number of benzene rings is 1. The average Bonchev–Trinajstić information content (AvgIpc) is 3.25. The molecule has 7 nitrogen and oxygen atoms in total. The van der Waals surface area contributed by atoms with Crippen LogP contribution in [0.25, 0.3) is 0 Å². The smallest absolute Gasteiger partial charge is 0.325 e. The van der Waals surface area contributed by atoms with Gasteiger partial charge in [-0.2, -0.15) is 4.31 Å². The fraction of sp³-hybridized carbons (Fsp3) is 0.529.